The van der Waals surface area contributed by atoms with Gasteiger partial charge in [-0.25, -0.2) is 4.58 Å². The molecule has 1 heterocycles. The summed E-state index contributed by atoms with van der Waals surface area (Å²) < 4.78 is 2.21. The Bertz CT molecular complexity index is 138. The molecule has 0 saturated carbocycles. The maximum atomic E-state index is 8.58. The predicted octanol–water partition coefficient (Wildman–Crippen LogP) is -2.84. The molecule has 1 N–H and O–H groups in total. The summed E-state index contributed by atoms with van der Waals surface area (Å²) in [7, 11) is 0. The van der Waals surface area contributed by atoms with Crippen molar-refractivity contribution in [3.8, 4) is 0 Å². The van der Waals surface area contributed by atoms with Gasteiger partial charge in [-0.2, -0.15) is 0 Å². The van der Waals surface area contributed by atoms with Gasteiger partial charge in [-0.05, 0) is 0 Å². The van der Waals surface area contributed by atoms with Crippen LogP contribution in [0, 0.1) is 0 Å². The molecule has 0 bridgehead atoms. The van der Waals surface area contributed by atoms with Gasteiger partial charge in [0.15, 0.2) is 13.1 Å². The zero-order chi connectivity index (χ0) is 6.69. The van der Waals surface area contributed by atoms with E-state index in [1.54, 1.807) is 0 Å². The van der Waals surface area contributed by atoms with Crippen molar-refractivity contribution in [1.82, 2.24) is 0 Å². The van der Waals surface area contributed by atoms with Crippen molar-refractivity contribution in [2.45, 2.75) is 6.92 Å². The Labute approximate surface area is 76.1 Å². The standard InChI is InChI=1S/C6H12NOS.BrH/c1-6-7(2-4-8)3-5-9-6;/h8H,2-5H2,1H3;1H/q+1;/p-1. The Hall–Kier alpha value is 0.460. The number of thioether (sulfide) groups is 1. The number of aliphatic hydroxyl groups excluding tert-OH is 1. The van der Waals surface area contributed by atoms with Crippen molar-refractivity contribution in [2.24, 2.45) is 0 Å². The molecule has 0 atom stereocenters. The van der Waals surface area contributed by atoms with E-state index in [0.29, 0.717) is 0 Å². The van der Waals surface area contributed by atoms with Crippen LogP contribution in [0.1, 0.15) is 6.92 Å². The summed E-state index contributed by atoms with van der Waals surface area (Å²) >= 11 is 1.88. The summed E-state index contributed by atoms with van der Waals surface area (Å²) in [6.45, 7) is 4.29. The number of hydrogen-bond donors (Lipinski definition) is 1. The van der Waals surface area contributed by atoms with Gasteiger partial charge in [0.2, 0.25) is 5.04 Å². The van der Waals surface area contributed by atoms with Crippen LogP contribution in [0.2, 0.25) is 0 Å². The number of halogens is 1. The van der Waals surface area contributed by atoms with Crippen LogP contribution in [0.3, 0.4) is 0 Å². The second-order valence-corrected chi connectivity index (χ2v) is 3.37. The van der Waals surface area contributed by atoms with Gasteiger partial charge in [0.25, 0.3) is 0 Å². The largest absolute Gasteiger partial charge is 1.00 e. The van der Waals surface area contributed by atoms with E-state index in [-0.39, 0.29) is 23.6 Å². The van der Waals surface area contributed by atoms with Gasteiger partial charge < -0.3 is 22.1 Å². The van der Waals surface area contributed by atoms with Crippen molar-refractivity contribution in [3.05, 3.63) is 0 Å². The first-order valence-electron chi connectivity index (χ1n) is 3.17. The minimum absolute atomic E-state index is 0. The molecule has 10 heavy (non-hydrogen) atoms. The van der Waals surface area contributed by atoms with Crippen LogP contribution in [-0.4, -0.2) is 40.2 Å². The van der Waals surface area contributed by atoms with Gasteiger partial charge in [-0.3, -0.25) is 0 Å². The first-order chi connectivity index (χ1) is 4.34. The number of nitrogens with zero attached hydrogens (tertiary/aromatic N) is 1. The van der Waals surface area contributed by atoms with E-state index in [4.69, 9.17) is 5.11 Å². The Kier molecular flexibility index (Phi) is 5.39. The van der Waals surface area contributed by atoms with E-state index < -0.39 is 0 Å². The lowest BCUT2D eigenvalue weighted by Gasteiger charge is -1.92. The maximum absolute atomic E-state index is 8.58. The lowest BCUT2D eigenvalue weighted by Crippen LogP contribution is -3.00. The molecule has 0 amide bonds. The van der Waals surface area contributed by atoms with E-state index >= 15 is 0 Å². The topological polar surface area (TPSA) is 23.2 Å². The fourth-order valence-corrected chi connectivity index (χ4v) is 1.91. The Balaban J connectivity index is 0.000000810. The maximum Gasteiger partial charge on any atom is 0.207 e. The highest BCUT2D eigenvalue weighted by Gasteiger charge is 2.16. The molecule has 2 nitrogen and oxygen atoms in total. The molecule has 1 rings (SSSR count). The Morgan fingerprint density at radius 1 is 1.70 bits per heavy atom. The molecule has 0 radical (unpaired) electrons. The third-order valence-corrected chi connectivity index (χ3v) is 2.55. The molecule has 0 aromatic rings. The molecule has 60 valence electrons. The van der Waals surface area contributed by atoms with Gasteiger partial charge in [-0.15, -0.1) is 0 Å². The highest BCUT2D eigenvalue weighted by atomic mass is 79.9. The van der Waals surface area contributed by atoms with Gasteiger partial charge in [0.1, 0.15) is 6.61 Å². The monoisotopic (exact) mass is 225 g/mol. The third-order valence-electron chi connectivity index (χ3n) is 1.49. The molecule has 0 fully saturated rings. The number of hydrogen-bond acceptors (Lipinski definition) is 2. The second-order valence-electron chi connectivity index (χ2n) is 2.08. The van der Waals surface area contributed by atoms with E-state index in [0.717, 1.165) is 13.1 Å². The zero-order valence-electron chi connectivity index (χ0n) is 6.01. The van der Waals surface area contributed by atoms with E-state index in [1.807, 2.05) is 11.8 Å². The third kappa shape index (κ3) is 2.60. The lowest BCUT2D eigenvalue weighted by atomic mass is 10.6. The number of rotatable bonds is 2. The molecule has 1 aliphatic rings. The molecule has 0 aliphatic carbocycles. The number of β-amino-alcohol motifs (C(OH)–C–C–N with tert-alkyl or cyclic N) is 1. The van der Waals surface area contributed by atoms with Crippen molar-refractivity contribution in [3.63, 3.8) is 0 Å². The normalized spacial score (nSPS) is 17.4. The van der Waals surface area contributed by atoms with Crippen molar-refractivity contribution >= 4 is 16.8 Å². The van der Waals surface area contributed by atoms with Crippen molar-refractivity contribution < 1.29 is 26.7 Å². The van der Waals surface area contributed by atoms with Gasteiger partial charge in [-0.1, -0.05) is 11.8 Å². The van der Waals surface area contributed by atoms with Crippen LogP contribution in [0.25, 0.3) is 0 Å². The molecule has 0 aromatic carbocycles. The van der Waals surface area contributed by atoms with E-state index in [2.05, 4.69) is 11.5 Å². The average Bonchev–Trinajstić information content (AvgIpc) is 2.18. The summed E-state index contributed by atoms with van der Waals surface area (Å²) in [6, 6.07) is 0. The summed E-state index contributed by atoms with van der Waals surface area (Å²) in [4.78, 5) is 0. The molecule has 1 aliphatic heterocycles. The molecule has 0 unspecified atom stereocenters. The molecule has 0 spiro atoms. The van der Waals surface area contributed by atoms with Crippen LogP contribution in [0.5, 0.6) is 0 Å². The summed E-state index contributed by atoms with van der Waals surface area (Å²) in [5, 5.41) is 9.93. The van der Waals surface area contributed by atoms with E-state index in [1.165, 1.54) is 10.8 Å². The first kappa shape index (κ1) is 10.5. The summed E-state index contributed by atoms with van der Waals surface area (Å²) in [6.07, 6.45) is 0. The fraction of sp³-hybridized carbons (Fsp3) is 0.833. The SMILES string of the molecule is CC1=[N+](CCO)CCS1.[Br-]. The van der Waals surface area contributed by atoms with Crippen molar-refractivity contribution in [2.75, 3.05) is 25.4 Å². The molecular formula is C6H12BrNOS. The molecular weight excluding hydrogens is 214 g/mol. The zero-order valence-corrected chi connectivity index (χ0v) is 8.41. The van der Waals surface area contributed by atoms with Crippen LogP contribution in [0.4, 0.5) is 0 Å². The molecule has 0 aromatic heterocycles. The highest BCUT2D eigenvalue weighted by Crippen LogP contribution is 2.09. The first-order valence-corrected chi connectivity index (χ1v) is 4.15. The second kappa shape index (κ2) is 5.16. The van der Waals surface area contributed by atoms with Crippen LogP contribution in [-0.2, 0) is 0 Å². The highest BCUT2D eigenvalue weighted by molar-refractivity contribution is 8.13. The molecule has 0 saturated heterocycles. The Morgan fingerprint density at radius 3 is 2.80 bits per heavy atom. The van der Waals surface area contributed by atoms with E-state index in [9.17, 15) is 0 Å². The lowest BCUT2D eigenvalue weighted by molar-refractivity contribution is -0.520. The quantitative estimate of drug-likeness (QED) is 0.513. The van der Waals surface area contributed by atoms with Gasteiger partial charge >= 0.3 is 0 Å². The summed E-state index contributed by atoms with van der Waals surface area (Å²) in [5.74, 6) is 1.19. The number of aliphatic hydroxyl groups is 1. The smallest absolute Gasteiger partial charge is 0.207 e. The van der Waals surface area contributed by atoms with Crippen LogP contribution < -0.4 is 17.0 Å². The fourth-order valence-electron chi connectivity index (χ4n) is 0.942. The van der Waals surface area contributed by atoms with Crippen LogP contribution in [0.15, 0.2) is 0 Å². The minimum atomic E-state index is 0. The average molecular weight is 226 g/mol. The molecule has 4 heteroatoms. The predicted molar refractivity (Wildman–Crippen MR) is 40.2 cm³/mol. The summed E-state index contributed by atoms with van der Waals surface area (Å²) in [5.41, 5.74) is 0. The Morgan fingerprint density at radius 2 is 2.40 bits per heavy atom. The van der Waals surface area contributed by atoms with Gasteiger partial charge in [0.05, 0.1) is 5.75 Å². The van der Waals surface area contributed by atoms with Crippen LogP contribution >= 0.6 is 11.8 Å². The minimum Gasteiger partial charge on any atom is -1.00 e. The van der Waals surface area contributed by atoms with Gasteiger partial charge in [0, 0.05) is 6.92 Å². The van der Waals surface area contributed by atoms with Crippen molar-refractivity contribution in [1.29, 1.82) is 0 Å².